The quantitative estimate of drug-likeness (QED) is 0.310. The largest absolute Gasteiger partial charge is 0.457 e. The van der Waals surface area contributed by atoms with Crippen LogP contribution in [0.3, 0.4) is 0 Å². The van der Waals surface area contributed by atoms with E-state index in [0.717, 1.165) is 36.2 Å². The Morgan fingerprint density at radius 1 is 0.400 bits per heavy atom. The SMILES string of the molecule is C1=CN(c2cccc(Oc3cccc(N4C=CN(c5ccccc5)C4)c3)c2)CN1c1ccccc1. The van der Waals surface area contributed by atoms with Crippen LogP contribution >= 0.6 is 0 Å². The second-order valence-electron chi connectivity index (χ2n) is 8.53. The van der Waals surface area contributed by atoms with Crippen molar-refractivity contribution >= 4 is 22.7 Å². The molecule has 5 heteroatoms. The molecule has 2 aliphatic rings. The fourth-order valence-corrected chi connectivity index (χ4v) is 4.34. The zero-order valence-corrected chi connectivity index (χ0v) is 19.3. The van der Waals surface area contributed by atoms with Gasteiger partial charge in [0.2, 0.25) is 0 Å². The van der Waals surface area contributed by atoms with E-state index in [1.165, 1.54) is 11.4 Å². The van der Waals surface area contributed by atoms with Crippen molar-refractivity contribution in [1.29, 1.82) is 0 Å². The molecule has 0 saturated carbocycles. The first-order valence-corrected chi connectivity index (χ1v) is 11.7. The van der Waals surface area contributed by atoms with Crippen LogP contribution in [0.4, 0.5) is 22.7 Å². The maximum absolute atomic E-state index is 6.27. The summed E-state index contributed by atoms with van der Waals surface area (Å²) in [6, 6.07) is 37.2. The summed E-state index contributed by atoms with van der Waals surface area (Å²) in [7, 11) is 0. The van der Waals surface area contributed by atoms with Gasteiger partial charge in [-0.05, 0) is 48.5 Å². The smallest absolute Gasteiger partial charge is 0.129 e. The summed E-state index contributed by atoms with van der Waals surface area (Å²) >= 11 is 0. The number of para-hydroxylation sites is 2. The lowest BCUT2D eigenvalue weighted by molar-refractivity contribution is 0.483. The third-order valence-electron chi connectivity index (χ3n) is 6.17. The van der Waals surface area contributed by atoms with Crippen molar-refractivity contribution in [1.82, 2.24) is 0 Å². The van der Waals surface area contributed by atoms with Gasteiger partial charge in [0.25, 0.3) is 0 Å². The average molecular weight is 459 g/mol. The summed E-state index contributed by atoms with van der Waals surface area (Å²) in [5.74, 6) is 1.63. The van der Waals surface area contributed by atoms with E-state index in [1.54, 1.807) is 0 Å². The number of nitrogens with zero attached hydrogens (tertiary/aromatic N) is 4. The van der Waals surface area contributed by atoms with Gasteiger partial charge in [-0.2, -0.15) is 0 Å². The molecule has 0 amide bonds. The molecule has 4 aromatic carbocycles. The van der Waals surface area contributed by atoms with Crippen LogP contribution in [-0.4, -0.2) is 13.3 Å². The Kier molecular flexibility index (Phi) is 5.57. The molecule has 5 nitrogen and oxygen atoms in total. The van der Waals surface area contributed by atoms with Gasteiger partial charge >= 0.3 is 0 Å². The first kappa shape index (κ1) is 20.9. The Bertz CT molecular complexity index is 1250. The van der Waals surface area contributed by atoms with Crippen LogP contribution in [0.5, 0.6) is 11.5 Å². The molecule has 0 radical (unpaired) electrons. The third kappa shape index (κ3) is 4.57. The van der Waals surface area contributed by atoms with Gasteiger partial charge in [0.05, 0.1) is 13.3 Å². The molecule has 0 fully saturated rings. The maximum atomic E-state index is 6.27. The van der Waals surface area contributed by atoms with E-state index in [0.29, 0.717) is 0 Å². The van der Waals surface area contributed by atoms with Crippen molar-refractivity contribution in [3.8, 4) is 11.5 Å². The van der Waals surface area contributed by atoms with Gasteiger partial charge in [0, 0.05) is 59.7 Å². The molecule has 2 heterocycles. The van der Waals surface area contributed by atoms with Crippen LogP contribution in [0.25, 0.3) is 0 Å². The fourth-order valence-electron chi connectivity index (χ4n) is 4.34. The number of rotatable bonds is 6. The molecule has 0 spiro atoms. The highest BCUT2D eigenvalue weighted by Gasteiger charge is 2.17. The Balaban J connectivity index is 1.13. The Hall–Kier alpha value is -4.64. The summed E-state index contributed by atoms with van der Waals surface area (Å²) in [5.41, 5.74) is 4.54. The average Bonchev–Trinajstić information content (AvgIpc) is 3.61. The second kappa shape index (κ2) is 9.31. The lowest BCUT2D eigenvalue weighted by Crippen LogP contribution is -2.24. The van der Waals surface area contributed by atoms with E-state index >= 15 is 0 Å². The summed E-state index contributed by atoms with van der Waals surface area (Å²) in [6.45, 7) is 1.53. The Morgan fingerprint density at radius 3 is 1.20 bits per heavy atom. The van der Waals surface area contributed by atoms with E-state index in [4.69, 9.17) is 4.74 Å². The van der Waals surface area contributed by atoms with Gasteiger partial charge in [-0.25, -0.2) is 0 Å². The summed E-state index contributed by atoms with van der Waals surface area (Å²) in [4.78, 5) is 8.87. The van der Waals surface area contributed by atoms with E-state index in [-0.39, 0.29) is 0 Å². The second-order valence-corrected chi connectivity index (χ2v) is 8.53. The monoisotopic (exact) mass is 458 g/mol. The molecule has 0 aliphatic carbocycles. The summed E-state index contributed by atoms with van der Waals surface area (Å²) < 4.78 is 6.27. The Morgan fingerprint density at radius 2 is 0.771 bits per heavy atom. The number of benzene rings is 4. The van der Waals surface area contributed by atoms with Gasteiger partial charge in [0.1, 0.15) is 11.5 Å². The summed E-state index contributed by atoms with van der Waals surface area (Å²) in [5, 5.41) is 0. The minimum absolute atomic E-state index is 0.766. The molecule has 172 valence electrons. The topological polar surface area (TPSA) is 22.2 Å². The zero-order chi connectivity index (χ0) is 23.5. The van der Waals surface area contributed by atoms with Crippen molar-refractivity contribution in [3.63, 3.8) is 0 Å². The van der Waals surface area contributed by atoms with E-state index < -0.39 is 0 Å². The molecule has 6 rings (SSSR count). The molecule has 0 atom stereocenters. The van der Waals surface area contributed by atoms with Gasteiger partial charge in [0.15, 0.2) is 0 Å². The highest BCUT2D eigenvalue weighted by Crippen LogP contribution is 2.32. The molecule has 0 saturated heterocycles. The van der Waals surface area contributed by atoms with E-state index in [9.17, 15) is 0 Å². The standard InChI is InChI=1S/C30H26N4O/c1-3-9-25(10-4-1)31-17-19-33(23-31)27-13-7-15-29(21-27)35-30-16-8-14-28(22-30)34-20-18-32(24-34)26-11-5-2-6-12-26/h1-22H,23-24H2. The van der Waals surface area contributed by atoms with Crippen molar-refractivity contribution in [2.45, 2.75) is 0 Å². The molecule has 2 aliphatic heterocycles. The number of ether oxygens (including phenoxy) is 1. The minimum Gasteiger partial charge on any atom is -0.457 e. The minimum atomic E-state index is 0.766. The van der Waals surface area contributed by atoms with Gasteiger partial charge in [-0.1, -0.05) is 48.5 Å². The first-order valence-electron chi connectivity index (χ1n) is 11.7. The predicted molar refractivity (Wildman–Crippen MR) is 144 cm³/mol. The molecular formula is C30H26N4O. The highest BCUT2D eigenvalue weighted by molar-refractivity contribution is 5.62. The van der Waals surface area contributed by atoms with Gasteiger partial charge in [-0.15, -0.1) is 0 Å². The van der Waals surface area contributed by atoms with E-state index in [2.05, 4.69) is 117 Å². The van der Waals surface area contributed by atoms with E-state index in [1.807, 2.05) is 36.4 Å². The molecule has 35 heavy (non-hydrogen) atoms. The normalized spacial score (nSPS) is 14.7. The number of hydrogen-bond acceptors (Lipinski definition) is 5. The molecule has 0 aromatic heterocycles. The summed E-state index contributed by atoms with van der Waals surface area (Å²) in [6.07, 6.45) is 8.42. The maximum Gasteiger partial charge on any atom is 0.129 e. The van der Waals surface area contributed by atoms with Crippen LogP contribution in [0, 0.1) is 0 Å². The zero-order valence-electron chi connectivity index (χ0n) is 19.3. The van der Waals surface area contributed by atoms with Crippen molar-refractivity contribution < 1.29 is 4.74 Å². The molecular weight excluding hydrogens is 432 g/mol. The first-order chi connectivity index (χ1) is 17.3. The van der Waals surface area contributed by atoms with Crippen molar-refractivity contribution in [2.24, 2.45) is 0 Å². The van der Waals surface area contributed by atoms with Crippen LogP contribution in [-0.2, 0) is 0 Å². The molecule has 0 bridgehead atoms. The van der Waals surface area contributed by atoms with Crippen LogP contribution in [0.15, 0.2) is 134 Å². The van der Waals surface area contributed by atoms with Crippen molar-refractivity contribution in [3.05, 3.63) is 134 Å². The Labute approximate surface area is 206 Å². The predicted octanol–water partition coefficient (Wildman–Crippen LogP) is 6.99. The van der Waals surface area contributed by atoms with Gasteiger partial charge in [-0.3, -0.25) is 0 Å². The molecule has 0 N–H and O–H groups in total. The molecule has 4 aromatic rings. The van der Waals surface area contributed by atoms with Crippen LogP contribution in [0.2, 0.25) is 0 Å². The highest BCUT2D eigenvalue weighted by atomic mass is 16.5. The number of hydrogen-bond donors (Lipinski definition) is 0. The lowest BCUT2D eigenvalue weighted by atomic mass is 10.2. The van der Waals surface area contributed by atoms with Gasteiger partial charge < -0.3 is 24.3 Å². The molecule has 0 unspecified atom stereocenters. The number of anilines is 4. The van der Waals surface area contributed by atoms with Crippen LogP contribution < -0.4 is 24.3 Å². The lowest BCUT2D eigenvalue weighted by Gasteiger charge is -2.22. The fraction of sp³-hybridized carbons (Fsp3) is 0.0667. The third-order valence-corrected chi connectivity index (χ3v) is 6.17. The van der Waals surface area contributed by atoms with Crippen LogP contribution in [0.1, 0.15) is 0 Å². The van der Waals surface area contributed by atoms with Crippen molar-refractivity contribution in [2.75, 3.05) is 32.9 Å².